The topological polar surface area (TPSA) is 52.1 Å². The lowest BCUT2D eigenvalue weighted by Crippen LogP contribution is -2.52. The molecule has 2 rings (SSSR count). The Labute approximate surface area is 177 Å². The van der Waals surface area contributed by atoms with Gasteiger partial charge in [-0.3, -0.25) is 9.89 Å². The van der Waals surface area contributed by atoms with Crippen LogP contribution in [0, 0.1) is 0 Å². The Bertz CT molecular complexity index is 592. The molecule has 0 aliphatic carbocycles. The molecule has 1 saturated heterocycles. The van der Waals surface area contributed by atoms with Gasteiger partial charge in [0, 0.05) is 51.9 Å². The van der Waals surface area contributed by atoms with E-state index in [0.717, 1.165) is 58.0 Å². The van der Waals surface area contributed by atoms with Crippen molar-refractivity contribution in [2.24, 2.45) is 4.99 Å². The van der Waals surface area contributed by atoms with E-state index in [-0.39, 0.29) is 6.10 Å². The highest BCUT2D eigenvalue weighted by molar-refractivity contribution is 5.80. The van der Waals surface area contributed by atoms with Crippen molar-refractivity contribution >= 4 is 5.96 Å². The summed E-state index contributed by atoms with van der Waals surface area (Å²) in [5.74, 6) is 0.883. The van der Waals surface area contributed by atoms with Crippen LogP contribution in [0.3, 0.4) is 0 Å². The summed E-state index contributed by atoms with van der Waals surface area (Å²) in [6.07, 6.45) is 3.48. The van der Waals surface area contributed by atoms with Gasteiger partial charge in [0.15, 0.2) is 5.96 Å². The molecule has 6 nitrogen and oxygen atoms in total. The summed E-state index contributed by atoms with van der Waals surface area (Å²) in [5.41, 5.74) is 1.39. The highest BCUT2D eigenvalue weighted by atomic mass is 16.5. The summed E-state index contributed by atoms with van der Waals surface area (Å²) in [5, 5.41) is 7.10. The van der Waals surface area contributed by atoms with E-state index in [0.29, 0.717) is 12.1 Å². The van der Waals surface area contributed by atoms with Gasteiger partial charge >= 0.3 is 0 Å². The number of guanidine groups is 1. The molecule has 3 unspecified atom stereocenters. The van der Waals surface area contributed by atoms with Crippen LogP contribution in [0.1, 0.15) is 38.7 Å². The Hall–Kier alpha value is -1.63. The number of nitrogens with zero attached hydrogens (tertiary/aromatic N) is 3. The molecule has 1 heterocycles. The lowest BCUT2D eigenvalue weighted by molar-refractivity contribution is 0.0547. The van der Waals surface area contributed by atoms with Gasteiger partial charge in [0.25, 0.3) is 0 Å². The summed E-state index contributed by atoms with van der Waals surface area (Å²) in [6, 6.07) is 11.8. The van der Waals surface area contributed by atoms with Crippen LogP contribution in [0.15, 0.2) is 35.3 Å². The van der Waals surface area contributed by atoms with Crippen LogP contribution < -0.4 is 10.6 Å². The van der Waals surface area contributed by atoms with E-state index >= 15 is 0 Å². The van der Waals surface area contributed by atoms with Gasteiger partial charge in [-0.05, 0) is 52.8 Å². The van der Waals surface area contributed by atoms with E-state index in [4.69, 9.17) is 4.74 Å². The van der Waals surface area contributed by atoms with E-state index in [9.17, 15) is 0 Å². The molecule has 3 atom stereocenters. The maximum absolute atomic E-state index is 5.89. The summed E-state index contributed by atoms with van der Waals surface area (Å²) in [6.45, 7) is 9.07. The highest BCUT2D eigenvalue weighted by Crippen LogP contribution is 2.19. The Morgan fingerprint density at radius 1 is 1.31 bits per heavy atom. The van der Waals surface area contributed by atoms with Crippen LogP contribution >= 0.6 is 0 Å². The van der Waals surface area contributed by atoms with Crippen LogP contribution in [0.2, 0.25) is 0 Å². The summed E-state index contributed by atoms with van der Waals surface area (Å²) in [7, 11) is 6.04. The zero-order chi connectivity index (χ0) is 21.1. The molecular weight excluding hydrogens is 362 g/mol. The number of hydrogen-bond acceptors (Lipinski definition) is 4. The molecule has 0 aromatic heterocycles. The van der Waals surface area contributed by atoms with Crippen LogP contribution in [0.25, 0.3) is 0 Å². The van der Waals surface area contributed by atoms with Crippen LogP contribution in [0.5, 0.6) is 0 Å². The van der Waals surface area contributed by atoms with Gasteiger partial charge in [0.2, 0.25) is 0 Å². The first-order valence-corrected chi connectivity index (χ1v) is 11.0. The smallest absolute Gasteiger partial charge is 0.191 e. The molecule has 0 spiro atoms. The number of benzene rings is 1. The van der Waals surface area contributed by atoms with Crippen LogP contribution in [-0.4, -0.2) is 81.3 Å². The SMILES string of the molecule is CCOC(CCN(C)C)CNC(=NC)NC1CCN(Cc2ccccc2)C(C)C1. The number of rotatable bonds is 10. The third-order valence-electron chi connectivity index (χ3n) is 5.60. The lowest BCUT2D eigenvalue weighted by atomic mass is 9.97. The first-order valence-electron chi connectivity index (χ1n) is 11.0. The Balaban J connectivity index is 1.77. The fourth-order valence-electron chi connectivity index (χ4n) is 3.89. The number of piperidine rings is 1. The second-order valence-electron chi connectivity index (χ2n) is 8.29. The van der Waals surface area contributed by atoms with Gasteiger partial charge in [-0.1, -0.05) is 30.3 Å². The Morgan fingerprint density at radius 3 is 2.69 bits per heavy atom. The number of nitrogens with one attached hydrogen (secondary N) is 2. The molecule has 0 saturated carbocycles. The maximum atomic E-state index is 5.89. The van der Waals surface area contributed by atoms with Crippen molar-refractivity contribution in [1.29, 1.82) is 0 Å². The summed E-state index contributed by atoms with van der Waals surface area (Å²) < 4.78 is 5.89. The molecule has 29 heavy (non-hydrogen) atoms. The quantitative estimate of drug-likeness (QED) is 0.465. The number of hydrogen-bond donors (Lipinski definition) is 2. The molecule has 6 heteroatoms. The van der Waals surface area contributed by atoms with Gasteiger partial charge < -0.3 is 20.3 Å². The molecule has 1 fully saturated rings. The van der Waals surface area contributed by atoms with Crippen molar-refractivity contribution in [2.75, 3.05) is 47.4 Å². The van der Waals surface area contributed by atoms with Crippen molar-refractivity contribution in [3.63, 3.8) is 0 Å². The number of aliphatic imine (C=N–C) groups is 1. The molecular formula is C23H41N5O. The molecule has 1 aromatic carbocycles. The molecule has 1 aliphatic rings. The van der Waals surface area contributed by atoms with Crippen molar-refractivity contribution in [3.8, 4) is 0 Å². The summed E-state index contributed by atoms with van der Waals surface area (Å²) in [4.78, 5) is 9.21. The predicted molar refractivity (Wildman–Crippen MR) is 122 cm³/mol. The molecule has 0 radical (unpaired) electrons. The zero-order valence-electron chi connectivity index (χ0n) is 19.0. The minimum atomic E-state index is 0.201. The van der Waals surface area contributed by atoms with E-state index in [2.05, 4.69) is 83.7 Å². The Kier molecular flexibility index (Phi) is 10.5. The van der Waals surface area contributed by atoms with E-state index in [1.54, 1.807) is 0 Å². The molecule has 1 aliphatic heterocycles. The first kappa shape index (κ1) is 23.6. The van der Waals surface area contributed by atoms with Crippen molar-refractivity contribution in [1.82, 2.24) is 20.4 Å². The molecule has 164 valence electrons. The lowest BCUT2D eigenvalue weighted by Gasteiger charge is -2.38. The monoisotopic (exact) mass is 403 g/mol. The van der Waals surface area contributed by atoms with Crippen LogP contribution in [0.4, 0.5) is 0 Å². The van der Waals surface area contributed by atoms with E-state index in [1.807, 2.05) is 7.05 Å². The number of ether oxygens (including phenoxy) is 1. The molecule has 0 bridgehead atoms. The van der Waals surface area contributed by atoms with Gasteiger partial charge in [-0.25, -0.2) is 0 Å². The first-order chi connectivity index (χ1) is 14.0. The highest BCUT2D eigenvalue weighted by Gasteiger charge is 2.26. The third-order valence-corrected chi connectivity index (χ3v) is 5.60. The van der Waals surface area contributed by atoms with Crippen molar-refractivity contribution in [2.45, 2.75) is 57.8 Å². The molecule has 0 amide bonds. The maximum Gasteiger partial charge on any atom is 0.191 e. The Morgan fingerprint density at radius 2 is 2.07 bits per heavy atom. The minimum absolute atomic E-state index is 0.201. The van der Waals surface area contributed by atoms with Gasteiger partial charge in [-0.2, -0.15) is 0 Å². The van der Waals surface area contributed by atoms with Crippen LogP contribution in [-0.2, 0) is 11.3 Å². The molecule has 1 aromatic rings. The van der Waals surface area contributed by atoms with Gasteiger partial charge in [0.05, 0.1) is 6.10 Å². The summed E-state index contributed by atoms with van der Waals surface area (Å²) >= 11 is 0. The third kappa shape index (κ3) is 8.72. The van der Waals surface area contributed by atoms with Gasteiger partial charge in [-0.15, -0.1) is 0 Å². The van der Waals surface area contributed by atoms with Crippen molar-refractivity contribution < 1.29 is 4.74 Å². The second-order valence-corrected chi connectivity index (χ2v) is 8.29. The largest absolute Gasteiger partial charge is 0.377 e. The van der Waals surface area contributed by atoms with E-state index in [1.165, 1.54) is 5.56 Å². The van der Waals surface area contributed by atoms with E-state index < -0.39 is 0 Å². The van der Waals surface area contributed by atoms with Gasteiger partial charge in [0.1, 0.15) is 0 Å². The van der Waals surface area contributed by atoms with Crippen molar-refractivity contribution in [3.05, 3.63) is 35.9 Å². The zero-order valence-corrected chi connectivity index (χ0v) is 19.0. The standard InChI is InChI=1S/C23H41N5O/c1-6-29-22(13-14-27(4)5)17-25-23(24-3)26-21-12-15-28(19(2)16-21)18-20-10-8-7-9-11-20/h7-11,19,21-22H,6,12-18H2,1-5H3,(H2,24,25,26). The fourth-order valence-corrected chi connectivity index (χ4v) is 3.89. The normalized spacial score (nSPS) is 21.9. The molecule has 2 N–H and O–H groups in total. The second kappa shape index (κ2) is 12.8. The number of likely N-dealkylation sites (tertiary alicyclic amines) is 1. The fraction of sp³-hybridized carbons (Fsp3) is 0.696. The average molecular weight is 404 g/mol. The minimum Gasteiger partial charge on any atom is -0.377 e. The predicted octanol–water partition coefficient (Wildman–Crippen LogP) is 2.56. The average Bonchev–Trinajstić information content (AvgIpc) is 2.71.